The Morgan fingerprint density at radius 3 is 1.97 bits per heavy atom. The second-order valence-electron chi connectivity index (χ2n) is 9.87. The van der Waals surface area contributed by atoms with Crippen molar-refractivity contribution in [1.29, 1.82) is 0 Å². The third-order valence-corrected chi connectivity index (χ3v) is 12.1. The predicted molar refractivity (Wildman–Crippen MR) is 121 cm³/mol. The molecule has 0 unspecified atom stereocenters. The molecule has 0 aromatic heterocycles. The first-order valence-corrected chi connectivity index (χ1v) is 12.8. The van der Waals surface area contributed by atoms with Crippen LogP contribution in [0.2, 0.25) is 5.04 Å². The minimum atomic E-state index is -2.55. The van der Waals surface area contributed by atoms with Crippen molar-refractivity contribution < 1.29 is 9.22 Å². The Morgan fingerprint density at radius 2 is 1.48 bits per heavy atom. The van der Waals surface area contributed by atoms with Crippen LogP contribution in [-0.4, -0.2) is 26.9 Å². The molecule has 2 aromatic carbocycles. The number of benzene rings is 2. The van der Waals surface area contributed by atoms with Gasteiger partial charge in [-0.1, -0.05) is 88.4 Å². The van der Waals surface area contributed by atoms with E-state index in [1.54, 1.807) is 0 Å². The Morgan fingerprint density at radius 1 is 0.931 bits per heavy atom. The van der Waals surface area contributed by atoms with Crippen molar-refractivity contribution in [1.82, 2.24) is 5.32 Å². The topological polar surface area (TPSA) is 38.3 Å². The first-order valence-electron chi connectivity index (χ1n) is 10.9. The number of carbonyl (C=O) groups is 1. The molecule has 0 radical (unpaired) electrons. The Labute approximate surface area is 176 Å². The lowest BCUT2D eigenvalue weighted by molar-refractivity contribution is -0.129. The molecule has 1 aliphatic carbocycles. The van der Waals surface area contributed by atoms with E-state index in [1.165, 1.54) is 10.4 Å². The zero-order chi connectivity index (χ0) is 20.6. The zero-order valence-corrected chi connectivity index (χ0v) is 19.0. The summed E-state index contributed by atoms with van der Waals surface area (Å²) in [7, 11) is -2.55. The summed E-state index contributed by atoms with van der Waals surface area (Å²) in [5.74, 6) is 1.28. The standard InChI is InChI=1S/C25H33NO2Si/c1-18-17-26-24(27)23-16-19(15-22(18)23)28-29(25(2,3)4,20-11-7-5-8-12-20)21-13-9-6-10-14-21/h5-14,18-19,22-23H,15-17H2,1-4H3,(H,26,27)/t18-,19-,22-,23-/m0/s1. The van der Waals surface area contributed by atoms with Gasteiger partial charge in [0.1, 0.15) is 0 Å². The molecule has 1 heterocycles. The fourth-order valence-electron chi connectivity index (χ4n) is 5.53. The van der Waals surface area contributed by atoms with Crippen molar-refractivity contribution in [2.24, 2.45) is 17.8 Å². The van der Waals surface area contributed by atoms with Crippen LogP contribution in [0.5, 0.6) is 0 Å². The van der Waals surface area contributed by atoms with Gasteiger partial charge in [0.15, 0.2) is 0 Å². The molecule has 4 rings (SSSR count). The highest BCUT2D eigenvalue weighted by atomic mass is 28.4. The summed E-state index contributed by atoms with van der Waals surface area (Å²) in [6, 6.07) is 21.6. The minimum Gasteiger partial charge on any atom is -0.404 e. The van der Waals surface area contributed by atoms with Crippen molar-refractivity contribution in [2.45, 2.75) is 51.7 Å². The molecule has 0 spiro atoms. The molecule has 0 bridgehead atoms. The molecule has 1 N–H and O–H groups in total. The van der Waals surface area contributed by atoms with Crippen LogP contribution in [0.3, 0.4) is 0 Å². The first kappa shape index (κ1) is 20.4. The van der Waals surface area contributed by atoms with Crippen LogP contribution in [0.1, 0.15) is 40.5 Å². The van der Waals surface area contributed by atoms with Crippen LogP contribution in [0.4, 0.5) is 0 Å². The highest BCUT2D eigenvalue weighted by Gasteiger charge is 2.54. The van der Waals surface area contributed by atoms with Crippen molar-refractivity contribution >= 4 is 24.6 Å². The second kappa shape index (κ2) is 7.73. The maximum atomic E-state index is 12.5. The molecule has 1 saturated heterocycles. The van der Waals surface area contributed by atoms with E-state index in [9.17, 15) is 4.79 Å². The molecule has 2 aliphatic rings. The number of amides is 1. The summed E-state index contributed by atoms with van der Waals surface area (Å²) in [5.41, 5.74) is 0. The lowest BCUT2D eigenvalue weighted by Gasteiger charge is -2.44. The molecule has 2 aromatic rings. The smallest absolute Gasteiger partial charge is 0.261 e. The van der Waals surface area contributed by atoms with Crippen molar-refractivity contribution in [3.8, 4) is 0 Å². The second-order valence-corrected chi connectivity index (χ2v) is 14.1. The molecule has 4 atom stereocenters. The van der Waals surface area contributed by atoms with Gasteiger partial charge in [0.2, 0.25) is 5.91 Å². The van der Waals surface area contributed by atoms with Gasteiger partial charge >= 0.3 is 0 Å². The van der Waals surface area contributed by atoms with Crippen molar-refractivity contribution in [3.05, 3.63) is 60.7 Å². The summed E-state index contributed by atoms with van der Waals surface area (Å²) in [4.78, 5) is 12.5. The van der Waals surface area contributed by atoms with E-state index >= 15 is 0 Å². The van der Waals surface area contributed by atoms with Gasteiger partial charge in [-0.2, -0.15) is 0 Å². The lowest BCUT2D eigenvalue weighted by Crippen LogP contribution is -2.67. The number of carbonyl (C=O) groups excluding carboxylic acids is 1. The number of hydrogen-bond donors (Lipinski definition) is 1. The van der Waals surface area contributed by atoms with Gasteiger partial charge in [-0.05, 0) is 40.1 Å². The molecule has 1 saturated carbocycles. The Hall–Kier alpha value is -1.91. The first-order chi connectivity index (χ1) is 13.8. The quantitative estimate of drug-likeness (QED) is 0.785. The number of nitrogens with one attached hydrogen (secondary N) is 1. The van der Waals surface area contributed by atoms with E-state index in [0.717, 1.165) is 19.4 Å². The van der Waals surface area contributed by atoms with E-state index in [1.807, 2.05) is 0 Å². The van der Waals surface area contributed by atoms with Crippen LogP contribution < -0.4 is 15.7 Å². The number of rotatable bonds is 4. The average Bonchev–Trinajstić information content (AvgIpc) is 3.15. The average molecular weight is 408 g/mol. The SMILES string of the molecule is C[C@H]1CNC(=O)[C@H]2C[C@@H](O[Si](c3ccccc3)(c3ccccc3)C(C)(C)C)C[C@H]21. The van der Waals surface area contributed by atoms with E-state index in [2.05, 4.69) is 93.7 Å². The fraction of sp³-hybridized carbons (Fsp3) is 0.480. The summed E-state index contributed by atoms with van der Waals surface area (Å²) in [5, 5.41) is 5.69. The van der Waals surface area contributed by atoms with Gasteiger partial charge in [-0.15, -0.1) is 0 Å². The Balaban J connectivity index is 1.77. The Bertz CT molecular complexity index is 807. The summed E-state index contributed by atoms with van der Waals surface area (Å²) < 4.78 is 7.28. The third kappa shape index (κ3) is 3.57. The van der Waals surface area contributed by atoms with Crippen LogP contribution in [0.25, 0.3) is 0 Å². The van der Waals surface area contributed by atoms with Gasteiger partial charge < -0.3 is 9.74 Å². The number of hydrogen-bond acceptors (Lipinski definition) is 2. The molecule has 4 heteroatoms. The van der Waals surface area contributed by atoms with Gasteiger partial charge in [-0.3, -0.25) is 4.79 Å². The summed E-state index contributed by atoms with van der Waals surface area (Å²) in [6.45, 7) is 10.0. The normalized spacial score (nSPS) is 27.4. The van der Waals surface area contributed by atoms with Gasteiger partial charge in [-0.25, -0.2) is 0 Å². The van der Waals surface area contributed by atoms with Crippen LogP contribution in [-0.2, 0) is 9.22 Å². The van der Waals surface area contributed by atoms with Gasteiger partial charge in [0.05, 0.1) is 0 Å². The minimum absolute atomic E-state index is 0.0304. The van der Waals surface area contributed by atoms with E-state index in [-0.39, 0.29) is 23.0 Å². The molecule has 1 aliphatic heterocycles. The summed E-state index contributed by atoms with van der Waals surface area (Å²) >= 11 is 0. The van der Waals surface area contributed by atoms with Gasteiger partial charge in [0, 0.05) is 18.6 Å². The highest BCUT2D eigenvalue weighted by molar-refractivity contribution is 6.99. The van der Waals surface area contributed by atoms with Crippen molar-refractivity contribution in [2.75, 3.05) is 6.54 Å². The third-order valence-electron chi connectivity index (χ3n) is 6.99. The number of fused-ring (bicyclic) bond motifs is 1. The zero-order valence-electron chi connectivity index (χ0n) is 18.0. The monoisotopic (exact) mass is 407 g/mol. The van der Waals surface area contributed by atoms with E-state index < -0.39 is 8.32 Å². The predicted octanol–water partition coefficient (Wildman–Crippen LogP) is 3.72. The number of piperidine rings is 1. The van der Waals surface area contributed by atoms with E-state index in [0.29, 0.717) is 11.8 Å². The lowest BCUT2D eigenvalue weighted by atomic mass is 9.81. The maximum absolute atomic E-state index is 12.5. The molecule has 2 fully saturated rings. The fourth-order valence-corrected chi connectivity index (χ4v) is 10.2. The Kier molecular flexibility index (Phi) is 5.43. The van der Waals surface area contributed by atoms with Crippen LogP contribution in [0.15, 0.2) is 60.7 Å². The molecule has 29 heavy (non-hydrogen) atoms. The molecule has 3 nitrogen and oxygen atoms in total. The molecular weight excluding hydrogens is 374 g/mol. The van der Waals surface area contributed by atoms with E-state index in [4.69, 9.17) is 4.43 Å². The molecule has 154 valence electrons. The molecule has 1 amide bonds. The molecular formula is C25H33NO2Si. The summed E-state index contributed by atoms with van der Waals surface area (Å²) in [6.07, 6.45) is 1.96. The van der Waals surface area contributed by atoms with Crippen LogP contribution >= 0.6 is 0 Å². The van der Waals surface area contributed by atoms with Gasteiger partial charge in [0.25, 0.3) is 8.32 Å². The maximum Gasteiger partial charge on any atom is 0.261 e. The van der Waals surface area contributed by atoms with Crippen LogP contribution in [0, 0.1) is 17.8 Å². The highest BCUT2D eigenvalue weighted by Crippen LogP contribution is 2.45. The van der Waals surface area contributed by atoms with Crippen molar-refractivity contribution in [3.63, 3.8) is 0 Å². The largest absolute Gasteiger partial charge is 0.404 e.